The van der Waals surface area contributed by atoms with E-state index in [2.05, 4.69) is 34.6 Å². The minimum absolute atomic E-state index is 0.209. The van der Waals surface area contributed by atoms with Crippen LogP contribution in [0.15, 0.2) is 71.5 Å². The van der Waals surface area contributed by atoms with E-state index in [0.29, 0.717) is 36.2 Å². The zero-order chi connectivity index (χ0) is 22.1. The third kappa shape index (κ3) is 3.51. The fraction of sp³-hybridized carbons (Fsp3) is 0.200. The van der Waals surface area contributed by atoms with Gasteiger partial charge in [0.2, 0.25) is 0 Å². The van der Waals surface area contributed by atoms with Crippen LogP contribution in [0.3, 0.4) is 0 Å². The second kappa shape index (κ2) is 8.26. The van der Waals surface area contributed by atoms with Gasteiger partial charge in [-0.25, -0.2) is 4.99 Å². The number of nitrogens with one attached hydrogen (secondary N) is 1. The van der Waals surface area contributed by atoms with Crippen molar-refractivity contribution in [2.75, 3.05) is 20.8 Å². The van der Waals surface area contributed by atoms with Crippen molar-refractivity contribution in [3.8, 4) is 28.4 Å². The maximum Gasteiger partial charge on any atom is 0.194 e. The van der Waals surface area contributed by atoms with E-state index in [0.717, 1.165) is 33.5 Å². The lowest BCUT2D eigenvalue weighted by molar-refractivity contribution is 0.315. The van der Waals surface area contributed by atoms with Gasteiger partial charge in [-0.15, -0.1) is 0 Å². The Labute approximate surface area is 186 Å². The lowest BCUT2D eigenvalue weighted by atomic mass is 9.90. The summed E-state index contributed by atoms with van der Waals surface area (Å²) < 4.78 is 17.2. The van der Waals surface area contributed by atoms with Crippen LogP contribution < -0.4 is 25.3 Å². The summed E-state index contributed by atoms with van der Waals surface area (Å²) in [5.41, 5.74) is 12.4. The standard InChI is InChI=1S/C25H24N4O3/c1-30-18-13-20(31-2)22-21(14-18)32-12-9-19-23(28-25(26)29-24(19)22)17-5-3-15(4-6-17)16-7-10-27-11-8-16/h3-8,10-11,13-14,23H,9,12H2,1-2H3,(H3,26,28,29). The van der Waals surface area contributed by atoms with E-state index in [-0.39, 0.29) is 6.04 Å². The molecule has 7 nitrogen and oxygen atoms in total. The van der Waals surface area contributed by atoms with Crippen molar-refractivity contribution in [3.05, 3.63) is 77.6 Å². The van der Waals surface area contributed by atoms with Crippen LogP contribution in [-0.2, 0) is 0 Å². The minimum atomic E-state index is -0.209. The van der Waals surface area contributed by atoms with E-state index in [1.807, 2.05) is 24.3 Å². The van der Waals surface area contributed by atoms with Gasteiger partial charge >= 0.3 is 0 Å². The molecule has 3 heterocycles. The van der Waals surface area contributed by atoms with Crippen LogP contribution in [0.25, 0.3) is 16.8 Å². The monoisotopic (exact) mass is 428 g/mol. The molecule has 1 atom stereocenters. The summed E-state index contributed by atoms with van der Waals surface area (Å²) in [6, 6.07) is 15.9. The summed E-state index contributed by atoms with van der Waals surface area (Å²) in [6.07, 6.45) is 4.29. The molecule has 2 aromatic carbocycles. The molecular formula is C25H24N4O3. The first-order chi connectivity index (χ1) is 15.7. The predicted octanol–water partition coefficient (Wildman–Crippen LogP) is 3.92. The van der Waals surface area contributed by atoms with Gasteiger partial charge < -0.3 is 25.3 Å². The molecule has 0 saturated carbocycles. The summed E-state index contributed by atoms with van der Waals surface area (Å²) in [6.45, 7) is 0.519. The number of rotatable bonds is 4. The van der Waals surface area contributed by atoms with Crippen molar-refractivity contribution in [2.24, 2.45) is 10.7 Å². The normalized spacial score (nSPS) is 17.2. The molecule has 0 radical (unpaired) electrons. The number of hydrogen-bond acceptors (Lipinski definition) is 7. The first kappa shape index (κ1) is 19.9. The topological polar surface area (TPSA) is 91.0 Å². The maximum atomic E-state index is 6.24. The SMILES string of the molecule is COc1cc(OC)c2c(c1)OCCC1=C2NC(N)=NC1c1ccc(-c2ccncc2)cc1. The first-order valence-corrected chi connectivity index (χ1v) is 10.4. The number of aliphatic imine (C=N–C) groups is 1. The van der Waals surface area contributed by atoms with Gasteiger partial charge in [0.05, 0.1) is 32.1 Å². The summed E-state index contributed by atoms with van der Waals surface area (Å²) in [5.74, 6) is 2.38. The molecule has 0 amide bonds. The predicted molar refractivity (Wildman–Crippen MR) is 124 cm³/mol. The fourth-order valence-corrected chi connectivity index (χ4v) is 4.23. The van der Waals surface area contributed by atoms with E-state index in [4.69, 9.17) is 24.9 Å². The molecule has 7 heteroatoms. The van der Waals surface area contributed by atoms with E-state index in [9.17, 15) is 0 Å². The molecule has 0 bridgehead atoms. The first-order valence-electron chi connectivity index (χ1n) is 10.4. The van der Waals surface area contributed by atoms with Crippen molar-refractivity contribution in [1.82, 2.24) is 10.3 Å². The highest BCUT2D eigenvalue weighted by Crippen LogP contribution is 2.45. The van der Waals surface area contributed by atoms with Crippen molar-refractivity contribution >= 4 is 11.7 Å². The molecule has 2 aliphatic rings. The second-order valence-electron chi connectivity index (χ2n) is 7.60. The van der Waals surface area contributed by atoms with E-state index >= 15 is 0 Å². The second-order valence-corrected chi connectivity index (χ2v) is 7.60. The van der Waals surface area contributed by atoms with Crippen LogP contribution in [-0.4, -0.2) is 31.8 Å². The average molecular weight is 428 g/mol. The zero-order valence-corrected chi connectivity index (χ0v) is 18.0. The molecule has 1 aromatic heterocycles. The van der Waals surface area contributed by atoms with Crippen molar-refractivity contribution < 1.29 is 14.2 Å². The van der Waals surface area contributed by atoms with Crippen molar-refractivity contribution in [3.63, 3.8) is 0 Å². The van der Waals surface area contributed by atoms with Crippen molar-refractivity contribution in [1.29, 1.82) is 0 Å². The van der Waals surface area contributed by atoms with Crippen LogP contribution >= 0.6 is 0 Å². The molecular weight excluding hydrogens is 404 g/mol. The summed E-state index contributed by atoms with van der Waals surface area (Å²) in [4.78, 5) is 8.83. The van der Waals surface area contributed by atoms with Gasteiger partial charge in [-0.2, -0.15) is 0 Å². The van der Waals surface area contributed by atoms with Crippen LogP contribution in [0.1, 0.15) is 23.6 Å². The Bertz CT molecular complexity index is 1200. The fourth-order valence-electron chi connectivity index (χ4n) is 4.23. The summed E-state index contributed by atoms with van der Waals surface area (Å²) in [7, 11) is 3.26. The molecule has 3 aromatic rings. The highest BCUT2D eigenvalue weighted by Gasteiger charge is 2.31. The number of hydrogen-bond donors (Lipinski definition) is 2. The molecule has 0 aliphatic carbocycles. The largest absolute Gasteiger partial charge is 0.496 e. The number of guanidine groups is 1. The number of methoxy groups -OCH3 is 2. The minimum Gasteiger partial charge on any atom is -0.496 e. The van der Waals surface area contributed by atoms with Gasteiger partial charge in [-0.3, -0.25) is 4.98 Å². The zero-order valence-electron chi connectivity index (χ0n) is 18.0. The molecule has 2 aliphatic heterocycles. The molecule has 0 fully saturated rings. The Hall–Kier alpha value is -4.00. The molecule has 3 N–H and O–H groups in total. The Morgan fingerprint density at radius 2 is 1.75 bits per heavy atom. The van der Waals surface area contributed by atoms with E-state index in [1.165, 1.54) is 0 Å². The lowest BCUT2D eigenvalue weighted by Gasteiger charge is -2.27. The van der Waals surface area contributed by atoms with Gasteiger partial charge in [-0.05, 0) is 34.4 Å². The summed E-state index contributed by atoms with van der Waals surface area (Å²) in [5, 5.41) is 3.26. The van der Waals surface area contributed by atoms with Gasteiger partial charge in [0, 0.05) is 30.9 Å². The molecule has 1 unspecified atom stereocenters. The molecule has 162 valence electrons. The third-order valence-corrected chi connectivity index (χ3v) is 5.79. The smallest absolute Gasteiger partial charge is 0.194 e. The van der Waals surface area contributed by atoms with Crippen LogP contribution in [0.4, 0.5) is 0 Å². The Kier molecular flexibility index (Phi) is 5.15. The number of nitrogens with two attached hydrogens (primary N) is 1. The molecule has 0 saturated heterocycles. The van der Waals surface area contributed by atoms with Gasteiger partial charge in [0.25, 0.3) is 0 Å². The number of aromatic nitrogens is 1. The van der Waals surface area contributed by atoms with Crippen LogP contribution in [0.2, 0.25) is 0 Å². The molecule has 5 rings (SSSR count). The molecule has 32 heavy (non-hydrogen) atoms. The maximum absolute atomic E-state index is 6.24. The molecule has 0 spiro atoms. The van der Waals surface area contributed by atoms with E-state index in [1.54, 1.807) is 26.6 Å². The van der Waals surface area contributed by atoms with Gasteiger partial charge in [-0.1, -0.05) is 24.3 Å². The van der Waals surface area contributed by atoms with Crippen LogP contribution in [0.5, 0.6) is 17.2 Å². The Morgan fingerprint density at radius 1 is 1.00 bits per heavy atom. The number of fused-ring (bicyclic) bond motifs is 2. The van der Waals surface area contributed by atoms with Crippen LogP contribution in [0, 0.1) is 0 Å². The quantitative estimate of drug-likeness (QED) is 0.655. The number of pyridine rings is 1. The third-order valence-electron chi connectivity index (χ3n) is 5.79. The number of benzene rings is 2. The average Bonchev–Trinajstić information content (AvgIpc) is 3.03. The van der Waals surface area contributed by atoms with Gasteiger partial charge in [0.15, 0.2) is 5.96 Å². The number of nitrogens with zero attached hydrogens (tertiary/aromatic N) is 2. The number of ether oxygens (including phenoxy) is 3. The summed E-state index contributed by atoms with van der Waals surface area (Å²) >= 11 is 0. The highest BCUT2D eigenvalue weighted by molar-refractivity contribution is 5.94. The highest BCUT2D eigenvalue weighted by atomic mass is 16.5. The van der Waals surface area contributed by atoms with Crippen molar-refractivity contribution in [2.45, 2.75) is 12.5 Å². The van der Waals surface area contributed by atoms with Gasteiger partial charge in [0.1, 0.15) is 23.3 Å². The Balaban J connectivity index is 1.59. The lowest BCUT2D eigenvalue weighted by Crippen LogP contribution is -2.35. The van der Waals surface area contributed by atoms with E-state index < -0.39 is 0 Å². The Morgan fingerprint density at radius 3 is 2.47 bits per heavy atom.